The molecule has 0 spiro atoms. The number of aromatic nitrogens is 4. The van der Waals surface area contributed by atoms with Crippen LogP contribution in [0.25, 0.3) is 44.2 Å². The van der Waals surface area contributed by atoms with Gasteiger partial charge in [-0.05, 0) is 76.9 Å². The van der Waals surface area contributed by atoms with Gasteiger partial charge in [0.2, 0.25) is 11.8 Å². The van der Waals surface area contributed by atoms with Gasteiger partial charge in [-0.2, -0.15) is 0 Å². The molecule has 16 nitrogen and oxygen atoms in total. The van der Waals surface area contributed by atoms with Gasteiger partial charge in [-0.1, -0.05) is 65.7 Å². The summed E-state index contributed by atoms with van der Waals surface area (Å²) < 4.78 is 21.7. The molecule has 16 heteroatoms. The van der Waals surface area contributed by atoms with Gasteiger partial charge in [0.1, 0.15) is 36.1 Å². The highest BCUT2D eigenvalue weighted by atomic mass is 16.5. The van der Waals surface area contributed by atoms with Gasteiger partial charge in [0.05, 0.1) is 55.8 Å². The molecule has 0 radical (unpaired) electrons. The maximum atomic E-state index is 14.2. The van der Waals surface area contributed by atoms with Crippen molar-refractivity contribution in [1.82, 2.24) is 40.4 Å². The Balaban J connectivity index is 1.05. The van der Waals surface area contributed by atoms with E-state index in [0.717, 1.165) is 68.3 Å². The molecule has 2 fully saturated rings. The average molecular weight is 877 g/mol. The fourth-order valence-corrected chi connectivity index (χ4v) is 9.72. The van der Waals surface area contributed by atoms with Crippen LogP contribution < -0.4 is 15.4 Å². The zero-order chi connectivity index (χ0) is 45.4. The largest absolute Gasteiger partial charge is 0.488 e. The third-order valence-corrected chi connectivity index (χ3v) is 13.7. The number of benzene rings is 3. The van der Waals surface area contributed by atoms with E-state index in [9.17, 15) is 19.2 Å². The minimum Gasteiger partial charge on any atom is -0.488 e. The van der Waals surface area contributed by atoms with Crippen molar-refractivity contribution in [3.8, 4) is 28.1 Å². The molecule has 4 amide bonds. The number of H-pyrrole nitrogens is 2. The summed E-state index contributed by atoms with van der Waals surface area (Å²) in [6, 6.07) is 12.6. The quantitative estimate of drug-likeness (QED) is 0.0913. The summed E-state index contributed by atoms with van der Waals surface area (Å²) in [7, 11) is 4.26. The monoisotopic (exact) mass is 876 g/mol. The summed E-state index contributed by atoms with van der Waals surface area (Å²) in [5, 5.41) is 7.53. The van der Waals surface area contributed by atoms with Crippen molar-refractivity contribution in [2.45, 2.75) is 91.1 Å². The fraction of sp³-hybridized carbons (Fsp3) is 0.500. The first-order valence-electron chi connectivity index (χ1n) is 22.4. The van der Waals surface area contributed by atoms with E-state index in [-0.39, 0.29) is 47.6 Å². The molecule has 0 bridgehead atoms. The van der Waals surface area contributed by atoms with Crippen LogP contribution in [0.5, 0.6) is 5.75 Å². The Morgan fingerprint density at radius 1 is 0.828 bits per heavy atom. The highest BCUT2D eigenvalue weighted by Crippen LogP contribution is 2.44. The summed E-state index contributed by atoms with van der Waals surface area (Å²) >= 11 is 0. The predicted octanol–water partition coefficient (Wildman–Crippen LogP) is 7.65. The van der Waals surface area contributed by atoms with Crippen molar-refractivity contribution in [3.05, 3.63) is 65.9 Å². The number of ether oxygens (including phenoxy) is 4. The van der Waals surface area contributed by atoms with Crippen LogP contribution in [-0.2, 0) is 30.4 Å². The first kappa shape index (κ1) is 44.4. The van der Waals surface area contributed by atoms with E-state index in [0.29, 0.717) is 50.8 Å². The number of carbonyl (C=O) groups excluding carboxylic acids is 4. The van der Waals surface area contributed by atoms with Gasteiger partial charge in [0, 0.05) is 37.1 Å². The van der Waals surface area contributed by atoms with Crippen LogP contribution in [-0.4, -0.2) is 107 Å². The van der Waals surface area contributed by atoms with Crippen molar-refractivity contribution >= 4 is 45.8 Å². The number of rotatable bonds is 13. The van der Waals surface area contributed by atoms with Crippen molar-refractivity contribution < 1.29 is 38.1 Å². The standard InChI is InChI=1S/C48H60N8O8/c1-9-26(4)40(53-47(59)62-7)45(57)55-21-25(3)15-37(55)43-49-20-36(51-43)30-11-13-32-31(17-30)24-64-39-19-33-29(18-34(32)39)12-14-35-42(33)52-44(50-35)38-16-28(23-61-6)22-56(38)46(58)41(27(5)10-2)54-48(60)63-8/h11-14,17-20,25-28,37-38,40-41H,9-10,15-16,21-24H2,1-8H3,(H,49,51)(H,50,52)(H,53,59)(H,54,60)/t25-,26-,27-,28?,37?,38-,40?,41?/m0/s1. The van der Waals surface area contributed by atoms with Crippen LogP contribution in [0.4, 0.5) is 9.59 Å². The van der Waals surface area contributed by atoms with E-state index >= 15 is 0 Å². The lowest BCUT2D eigenvalue weighted by Gasteiger charge is -2.30. The van der Waals surface area contributed by atoms with E-state index in [2.05, 4.69) is 63.9 Å². The highest BCUT2D eigenvalue weighted by Gasteiger charge is 2.43. The molecule has 3 aliphatic heterocycles. The number of imidazole rings is 2. The van der Waals surface area contributed by atoms with E-state index in [1.54, 1.807) is 7.11 Å². The number of nitrogens with zero attached hydrogens (tertiary/aromatic N) is 4. The van der Waals surface area contributed by atoms with Crippen LogP contribution in [0, 0.1) is 23.7 Å². The van der Waals surface area contributed by atoms with Gasteiger partial charge >= 0.3 is 12.2 Å². The van der Waals surface area contributed by atoms with E-state index in [1.807, 2.05) is 49.8 Å². The lowest BCUT2D eigenvalue weighted by Crippen LogP contribution is -2.51. The van der Waals surface area contributed by atoms with Crippen LogP contribution in [0.2, 0.25) is 0 Å². The minimum absolute atomic E-state index is 0.0791. The molecule has 3 aromatic carbocycles. The Hall–Kier alpha value is -6.16. The summed E-state index contributed by atoms with van der Waals surface area (Å²) in [5.74, 6) is 2.01. The molecule has 4 unspecified atom stereocenters. The number of nitrogens with one attached hydrogen (secondary N) is 4. The molecular formula is C48H60N8O8. The summed E-state index contributed by atoms with van der Waals surface area (Å²) in [5.41, 5.74) is 6.53. The second-order valence-corrected chi connectivity index (χ2v) is 17.9. The van der Waals surface area contributed by atoms with Crippen LogP contribution in [0.1, 0.15) is 89.6 Å². The zero-order valence-corrected chi connectivity index (χ0v) is 37.9. The molecule has 0 saturated carbocycles. The lowest BCUT2D eigenvalue weighted by atomic mass is 9.92. The SMILES string of the molecule is CC[C@H](C)C(NC(=O)OC)C(=O)N1C[C@@H](C)CC1c1ncc(-c2ccc3c(c2)COc2cc4c(ccc5nc([C@@H]6CC(COC)CN6C(=O)C(NC(=O)OC)[C@@H](C)CC)[nH]c54)cc2-3)[nH]1. The smallest absolute Gasteiger partial charge is 0.407 e. The van der Waals surface area contributed by atoms with Crippen molar-refractivity contribution in [3.63, 3.8) is 0 Å². The van der Waals surface area contributed by atoms with Gasteiger partial charge in [0.15, 0.2) is 0 Å². The molecule has 5 aromatic rings. The van der Waals surface area contributed by atoms with E-state index < -0.39 is 24.3 Å². The third-order valence-electron chi connectivity index (χ3n) is 13.7. The van der Waals surface area contributed by atoms with Crippen molar-refractivity contribution in [2.75, 3.05) is 41.0 Å². The molecule has 5 heterocycles. The number of methoxy groups -OCH3 is 3. The number of alkyl carbamates (subject to hydrolysis) is 2. The molecule has 2 saturated heterocycles. The van der Waals surface area contributed by atoms with Gasteiger partial charge in [-0.15, -0.1) is 0 Å². The second-order valence-electron chi connectivity index (χ2n) is 17.9. The van der Waals surface area contributed by atoms with E-state index in [1.165, 1.54) is 14.2 Å². The molecule has 0 aliphatic carbocycles. The fourth-order valence-electron chi connectivity index (χ4n) is 9.72. The Labute approximate surface area is 373 Å². The maximum Gasteiger partial charge on any atom is 0.407 e. The van der Waals surface area contributed by atoms with Crippen LogP contribution in [0.15, 0.2) is 48.7 Å². The number of amides is 4. The maximum absolute atomic E-state index is 14.2. The molecule has 64 heavy (non-hydrogen) atoms. The summed E-state index contributed by atoms with van der Waals surface area (Å²) in [4.78, 5) is 73.4. The average Bonchev–Trinajstić information content (AvgIpc) is 4.14. The number of hydrogen-bond donors (Lipinski definition) is 4. The third kappa shape index (κ3) is 8.47. The van der Waals surface area contributed by atoms with Gasteiger partial charge in [-0.3, -0.25) is 9.59 Å². The second kappa shape index (κ2) is 18.5. The van der Waals surface area contributed by atoms with Crippen molar-refractivity contribution in [1.29, 1.82) is 0 Å². The molecule has 2 aromatic heterocycles. The number of carbonyl (C=O) groups is 4. The first-order chi connectivity index (χ1) is 30.8. The topological polar surface area (TPSA) is 193 Å². The Bertz CT molecular complexity index is 2550. The number of likely N-dealkylation sites (tertiary alicyclic amines) is 2. The van der Waals surface area contributed by atoms with Crippen molar-refractivity contribution in [2.24, 2.45) is 23.7 Å². The molecule has 8 atom stereocenters. The molecule has 8 rings (SSSR count). The number of fused-ring (bicyclic) bond motifs is 6. The normalized spacial score (nSPS) is 21.1. The summed E-state index contributed by atoms with van der Waals surface area (Å²) in [6.45, 7) is 11.9. The molecular weight excluding hydrogens is 817 g/mol. The Morgan fingerprint density at radius 2 is 1.50 bits per heavy atom. The Kier molecular flexibility index (Phi) is 12.9. The highest BCUT2D eigenvalue weighted by molar-refractivity contribution is 6.07. The summed E-state index contributed by atoms with van der Waals surface area (Å²) in [6.07, 6.45) is 3.38. The number of hydrogen-bond acceptors (Lipinski definition) is 10. The molecule has 3 aliphatic rings. The van der Waals surface area contributed by atoms with Crippen LogP contribution >= 0.6 is 0 Å². The Morgan fingerprint density at radius 3 is 2.16 bits per heavy atom. The van der Waals surface area contributed by atoms with E-state index in [4.69, 9.17) is 28.9 Å². The predicted molar refractivity (Wildman–Crippen MR) is 241 cm³/mol. The number of aromatic amines is 2. The van der Waals surface area contributed by atoms with Gasteiger partial charge < -0.3 is 49.3 Å². The minimum atomic E-state index is -0.748. The van der Waals surface area contributed by atoms with Gasteiger partial charge in [0.25, 0.3) is 0 Å². The molecule has 340 valence electrons. The lowest BCUT2D eigenvalue weighted by molar-refractivity contribution is -0.136. The zero-order valence-electron chi connectivity index (χ0n) is 37.9. The first-order valence-corrected chi connectivity index (χ1v) is 22.4. The van der Waals surface area contributed by atoms with Crippen LogP contribution in [0.3, 0.4) is 0 Å². The van der Waals surface area contributed by atoms with Gasteiger partial charge in [-0.25, -0.2) is 19.6 Å². The molecule has 4 N–H and O–H groups in total.